The maximum Gasteiger partial charge on any atom is 0.242 e. The topological polar surface area (TPSA) is 40.6 Å². The number of carbonyl (C=O) groups excluding carboxylic acids is 2. The average molecular weight is 401 g/mol. The van der Waals surface area contributed by atoms with E-state index in [9.17, 15) is 14.0 Å². The van der Waals surface area contributed by atoms with E-state index in [1.165, 1.54) is 6.07 Å². The fourth-order valence-electron chi connectivity index (χ4n) is 6.02. The summed E-state index contributed by atoms with van der Waals surface area (Å²) in [4.78, 5) is 30.1. The van der Waals surface area contributed by atoms with Crippen LogP contribution < -0.4 is 0 Å². The summed E-state index contributed by atoms with van der Waals surface area (Å²) in [5, 5.41) is 0.133. The summed E-state index contributed by atoms with van der Waals surface area (Å²) in [6, 6.07) is 4.61. The van der Waals surface area contributed by atoms with Gasteiger partial charge in [0.15, 0.2) is 0 Å². The summed E-state index contributed by atoms with van der Waals surface area (Å²) in [6.45, 7) is 1.24. The number of fused-ring (bicyclic) bond motifs is 3. The molecule has 0 aromatic heterocycles. The fraction of sp³-hybridized carbons (Fsp3) is 0.579. The number of rotatable bonds is 1. The lowest BCUT2D eigenvalue weighted by atomic mass is 9.14. The lowest BCUT2D eigenvalue weighted by Gasteiger charge is -2.60. The molecule has 4 rings (SSSR count). The van der Waals surface area contributed by atoms with E-state index in [-0.39, 0.29) is 51.8 Å². The molecule has 2 fully saturated rings. The van der Waals surface area contributed by atoms with Gasteiger partial charge in [0.1, 0.15) is 5.82 Å². The Kier molecular flexibility index (Phi) is 5.06. The molecule has 1 saturated heterocycles. The highest BCUT2D eigenvalue weighted by Crippen LogP contribution is 2.65. The number of amides is 2. The number of halogens is 1. The first-order valence-corrected chi connectivity index (χ1v) is 11.2. The van der Waals surface area contributed by atoms with Crippen molar-refractivity contribution in [2.24, 2.45) is 5.92 Å². The minimum absolute atomic E-state index is 0.0154. The van der Waals surface area contributed by atoms with E-state index >= 15 is 0 Å². The normalized spacial score (nSPS) is 27.2. The van der Waals surface area contributed by atoms with Crippen molar-refractivity contribution >= 4 is 58.9 Å². The molecule has 2 amide bonds. The Morgan fingerprint density at radius 2 is 1.70 bits per heavy atom. The standard InChI is InChI=1S/C19H29B6FN2O2/c20-17(21)6-11(7-18(22,23)19(17,24)25)16(30)27-8-14-13-5-12(26)2-1-10(13)3-4-28(14)15(29)9-27/h1-2,5,11,14H,3-4,6-9,20-25H2. The van der Waals surface area contributed by atoms with Crippen molar-refractivity contribution in [1.82, 2.24) is 9.80 Å². The van der Waals surface area contributed by atoms with Crippen molar-refractivity contribution in [1.29, 1.82) is 0 Å². The predicted octanol–water partition coefficient (Wildman–Crippen LogP) is -3.35. The van der Waals surface area contributed by atoms with Crippen LogP contribution in [0.2, 0.25) is 15.6 Å². The Bertz CT molecular complexity index is 889. The minimum Gasteiger partial charge on any atom is -0.332 e. The van der Waals surface area contributed by atoms with E-state index in [0.717, 1.165) is 30.4 Å². The van der Waals surface area contributed by atoms with Crippen molar-refractivity contribution in [3.05, 3.63) is 35.1 Å². The van der Waals surface area contributed by atoms with E-state index in [4.69, 9.17) is 0 Å². The Morgan fingerprint density at radius 3 is 2.33 bits per heavy atom. The van der Waals surface area contributed by atoms with Gasteiger partial charge in [-0.2, -0.15) is 0 Å². The zero-order valence-electron chi connectivity index (χ0n) is 19.2. The van der Waals surface area contributed by atoms with Gasteiger partial charge in [-0.15, -0.1) is 5.21 Å². The largest absolute Gasteiger partial charge is 0.332 e. The molecule has 1 unspecified atom stereocenters. The first kappa shape index (κ1) is 21.7. The summed E-state index contributed by atoms with van der Waals surface area (Å²) < 4.78 is 14.0. The molecule has 2 heterocycles. The molecular weight excluding hydrogens is 372 g/mol. The second-order valence-corrected chi connectivity index (χ2v) is 11.4. The first-order valence-electron chi connectivity index (χ1n) is 11.2. The van der Waals surface area contributed by atoms with Crippen LogP contribution in [-0.2, 0) is 16.0 Å². The van der Waals surface area contributed by atoms with Gasteiger partial charge in [0.25, 0.3) is 0 Å². The third-order valence-electron chi connectivity index (χ3n) is 9.06. The number of piperazine rings is 1. The van der Waals surface area contributed by atoms with Crippen LogP contribution in [0, 0.1) is 11.7 Å². The Morgan fingerprint density at radius 1 is 1.07 bits per heavy atom. The summed E-state index contributed by atoms with van der Waals surface area (Å²) in [5.74, 6) is -0.310. The minimum atomic E-state index is -0.287. The monoisotopic (exact) mass is 402 g/mol. The SMILES string of the molecule is BC1(B)CC(C(=O)N2CC(=O)N3CCc4ccc(F)cc4C3C2)CC(B)(B)C1(B)B. The number of benzene rings is 1. The van der Waals surface area contributed by atoms with Gasteiger partial charge < -0.3 is 9.80 Å². The Hall–Kier alpha value is -1.52. The molecule has 30 heavy (non-hydrogen) atoms. The lowest BCUT2D eigenvalue weighted by Crippen LogP contribution is -2.58. The quantitative estimate of drug-likeness (QED) is 0.462. The predicted molar refractivity (Wildman–Crippen MR) is 133 cm³/mol. The molecule has 2 aliphatic heterocycles. The highest BCUT2D eigenvalue weighted by molar-refractivity contribution is 6.61. The van der Waals surface area contributed by atoms with Crippen molar-refractivity contribution in [3.8, 4) is 0 Å². The molecule has 3 aliphatic rings. The molecular formula is C19H29B6FN2O2. The van der Waals surface area contributed by atoms with Crippen molar-refractivity contribution < 1.29 is 14.0 Å². The van der Waals surface area contributed by atoms with Crippen LogP contribution in [0.4, 0.5) is 4.39 Å². The molecule has 0 bridgehead atoms. The van der Waals surface area contributed by atoms with Gasteiger partial charge in [0.2, 0.25) is 11.8 Å². The molecule has 152 valence electrons. The summed E-state index contributed by atoms with van der Waals surface area (Å²) >= 11 is 0. The van der Waals surface area contributed by atoms with Crippen LogP contribution in [0.25, 0.3) is 0 Å². The van der Waals surface area contributed by atoms with Crippen LogP contribution in [0.15, 0.2) is 18.2 Å². The van der Waals surface area contributed by atoms with Crippen LogP contribution in [0.5, 0.6) is 0 Å². The van der Waals surface area contributed by atoms with Crippen LogP contribution in [-0.4, -0.2) is 88.3 Å². The second-order valence-electron chi connectivity index (χ2n) is 11.4. The highest BCUT2D eigenvalue weighted by atomic mass is 19.1. The molecule has 1 saturated carbocycles. The van der Waals surface area contributed by atoms with Crippen molar-refractivity contribution in [2.45, 2.75) is 40.9 Å². The van der Waals surface area contributed by atoms with Gasteiger partial charge in [-0.05, 0) is 29.7 Å². The number of hydrogen-bond donors (Lipinski definition) is 0. The van der Waals surface area contributed by atoms with Crippen LogP contribution in [0.1, 0.15) is 30.0 Å². The van der Waals surface area contributed by atoms with E-state index < -0.39 is 0 Å². The maximum absolute atomic E-state index is 14.0. The van der Waals surface area contributed by atoms with Crippen LogP contribution >= 0.6 is 0 Å². The average Bonchev–Trinajstić information content (AvgIpc) is 2.65. The van der Waals surface area contributed by atoms with E-state index in [0.29, 0.717) is 13.1 Å². The van der Waals surface area contributed by atoms with Gasteiger partial charge >= 0.3 is 0 Å². The molecule has 0 spiro atoms. The van der Waals surface area contributed by atoms with E-state index in [1.807, 2.05) is 11.0 Å². The van der Waals surface area contributed by atoms with Gasteiger partial charge in [0, 0.05) is 19.0 Å². The molecule has 0 N–H and O–H groups in total. The zero-order chi connectivity index (χ0) is 22.1. The molecule has 1 aliphatic carbocycles. The fourth-order valence-corrected chi connectivity index (χ4v) is 6.02. The smallest absolute Gasteiger partial charge is 0.242 e. The van der Waals surface area contributed by atoms with Gasteiger partial charge in [-0.1, -0.05) is 29.3 Å². The van der Waals surface area contributed by atoms with E-state index in [1.54, 1.807) is 11.0 Å². The summed E-state index contributed by atoms with van der Waals surface area (Å²) in [5.41, 5.74) is 1.94. The second kappa shape index (κ2) is 7.00. The molecule has 1 atom stereocenters. The van der Waals surface area contributed by atoms with Gasteiger partial charge in [-0.25, -0.2) is 4.39 Å². The number of carbonyl (C=O) groups is 2. The molecule has 4 nitrogen and oxygen atoms in total. The lowest BCUT2D eigenvalue weighted by molar-refractivity contribution is -0.152. The zero-order valence-corrected chi connectivity index (χ0v) is 19.2. The summed E-state index contributed by atoms with van der Waals surface area (Å²) in [7, 11) is 13.7. The van der Waals surface area contributed by atoms with Gasteiger partial charge in [0.05, 0.1) is 59.7 Å². The van der Waals surface area contributed by atoms with Crippen molar-refractivity contribution in [3.63, 3.8) is 0 Å². The summed E-state index contributed by atoms with van der Waals surface area (Å²) in [6.07, 6.45) is 2.39. The highest BCUT2D eigenvalue weighted by Gasteiger charge is 2.54. The van der Waals surface area contributed by atoms with E-state index in [2.05, 4.69) is 47.1 Å². The van der Waals surface area contributed by atoms with Gasteiger partial charge in [-0.3, -0.25) is 9.59 Å². The number of nitrogens with zero attached hydrogens (tertiary/aromatic N) is 2. The molecule has 1 aromatic rings. The third kappa shape index (κ3) is 3.27. The Balaban J connectivity index is 1.60. The maximum atomic E-state index is 14.0. The molecule has 11 heteroatoms. The van der Waals surface area contributed by atoms with Crippen molar-refractivity contribution in [2.75, 3.05) is 19.6 Å². The third-order valence-corrected chi connectivity index (χ3v) is 9.06. The first-order chi connectivity index (χ1) is 13.8. The Labute approximate surface area is 184 Å². The number of hydrogen-bond acceptors (Lipinski definition) is 2. The molecule has 0 radical (unpaired) electrons. The molecule has 1 aromatic carbocycles. The van der Waals surface area contributed by atoms with Crippen LogP contribution in [0.3, 0.4) is 0 Å².